The SMILES string of the molecule is CC=CCCSCCCCC. The molecular formula is C10H20S. The van der Waals surface area contributed by atoms with E-state index in [-0.39, 0.29) is 0 Å². The van der Waals surface area contributed by atoms with Crippen LogP contribution in [0.25, 0.3) is 0 Å². The van der Waals surface area contributed by atoms with Crippen molar-refractivity contribution in [3.63, 3.8) is 0 Å². The van der Waals surface area contributed by atoms with Gasteiger partial charge in [-0.25, -0.2) is 0 Å². The van der Waals surface area contributed by atoms with Crippen molar-refractivity contribution < 1.29 is 0 Å². The molecule has 66 valence electrons. The Bertz CT molecular complexity index is 86.9. The molecule has 0 aromatic carbocycles. The minimum absolute atomic E-state index is 1.24. The summed E-state index contributed by atoms with van der Waals surface area (Å²) in [4.78, 5) is 0. The van der Waals surface area contributed by atoms with E-state index in [0.29, 0.717) is 0 Å². The van der Waals surface area contributed by atoms with Crippen LogP contribution in [0.2, 0.25) is 0 Å². The summed E-state index contributed by atoms with van der Waals surface area (Å²) in [6.45, 7) is 4.34. The summed E-state index contributed by atoms with van der Waals surface area (Å²) in [5, 5.41) is 0. The summed E-state index contributed by atoms with van der Waals surface area (Å²) in [5.74, 6) is 2.65. The minimum Gasteiger partial charge on any atom is -0.162 e. The van der Waals surface area contributed by atoms with E-state index in [0.717, 1.165) is 0 Å². The average Bonchev–Trinajstić information content (AvgIpc) is 2.03. The fourth-order valence-electron chi connectivity index (χ4n) is 0.874. The van der Waals surface area contributed by atoms with Crippen molar-refractivity contribution in [3.05, 3.63) is 12.2 Å². The van der Waals surface area contributed by atoms with Gasteiger partial charge in [0.1, 0.15) is 0 Å². The summed E-state index contributed by atoms with van der Waals surface area (Å²) in [6, 6.07) is 0. The van der Waals surface area contributed by atoms with Crippen molar-refractivity contribution in [2.24, 2.45) is 0 Å². The van der Waals surface area contributed by atoms with E-state index in [9.17, 15) is 0 Å². The van der Waals surface area contributed by atoms with Crippen LogP contribution in [0.15, 0.2) is 12.2 Å². The minimum atomic E-state index is 1.24. The second kappa shape index (κ2) is 10.1. The molecule has 0 aliphatic heterocycles. The molecule has 0 rings (SSSR count). The second-order valence-electron chi connectivity index (χ2n) is 2.68. The number of rotatable bonds is 7. The van der Waals surface area contributed by atoms with Gasteiger partial charge in [0.2, 0.25) is 0 Å². The summed E-state index contributed by atoms with van der Waals surface area (Å²) < 4.78 is 0. The van der Waals surface area contributed by atoms with Crippen molar-refractivity contribution in [1.29, 1.82) is 0 Å². The molecule has 0 N–H and O–H groups in total. The summed E-state index contributed by atoms with van der Waals surface area (Å²) in [6.07, 6.45) is 9.76. The number of unbranched alkanes of at least 4 members (excludes halogenated alkanes) is 2. The van der Waals surface area contributed by atoms with E-state index in [4.69, 9.17) is 0 Å². The van der Waals surface area contributed by atoms with Gasteiger partial charge >= 0.3 is 0 Å². The van der Waals surface area contributed by atoms with E-state index in [1.165, 1.54) is 37.2 Å². The Labute approximate surface area is 75.5 Å². The number of allylic oxidation sites excluding steroid dienone is 2. The third-order valence-corrected chi connectivity index (χ3v) is 2.66. The molecule has 0 bridgehead atoms. The third kappa shape index (κ3) is 10.1. The molecule has 0 saturated heterocycles. The number of thioether (sulfide) groups is 1. The predicted octanol–water partition coefficient (Wildman–Crippen LogP) is 3.88. The van der Waals surface area contributed by atoms with Crippen molar-refractivity contribution in [2.45, 2.75) is 39.5 Å². The fraction of sp³-hybridized carbons (Fsp3) is 0.800. The second-order valence-corrected chi connectivity index (χ2v) is 3.90. The lowest BCUT2D eigenvalue weighted by Gasteiger charge is -1.97. The first-order valence-electron chi connectivity index (χ1n) is 4.60. The highest BCUT2D eigenvalue weighted by atomic mass is 32.2. The Morgan fingerprint density at radius 2 is 2.00 bits per heavy atom. The molecule has 0 atom stereocenters. The van der Waals surface area contributed by atoms with Crippen LogP contribution in [0.5, 0.6) is 0 Å². The number of hydrogen-bond donors (Lipinski definition) is 0. The van der Waals surface area contributed by atoms with Gasteiger partial charge in [0.05, 0.1) is 0 Å². The van der Waals surface area contributed by atoms with Crippen LogP contribution in [-0.2, 0) is 0 Å². The molecular weight excluding hydrogens is 152 g/mol. The lowest BCUT2D eigenvalue weighted by Crippen LogP contribution is -1.82. The Morgan fingerprint density at radius 3 is 2.64 bits per heavy atom. The maximum absolute atomic E-state index is 2.25. The van der Waals surface area contributed by atoms with Crippen molar-refractivity contribution in [1.82, 2.24) is 0 Å². The summed E-state index contributed by atoms with van der Waals surface area (Å²) in [5.41, 5.74) is 0. The molecule has 0 heterocycles. The standard InChI is InChI=1S/C10H20S/c1-3-5-7-9-11-10-8-6-4-2/h3,5H,4,6-10H2,1-2H3. The quantitative estimate of drug-likeness (QED) is 0.415. The molecule has 0 fully saturated rings. The third-order valence-electron chi connectivity index (χ3n) is 1.56. The maximum atomic E-state index is 2.25. The first kappa shape index (κ1) is 11.1. The highest BCUT2D eigenvalue weighted by Crippen LogP contribution is 2.07. The summed E-state index contributed by atoms with van der Waals surface area (Å²) in [7, 11) is 0. The van der Waals surface area contributed by atoms with E-state index in [1.807, 2.05) is 0 Å². The van der Waals surface area contributed by atoms with Gasteiger partial charge < -0.3 is 0 Å². The van der Waals surface area contributed by atoms with Crippen LogP contribution in [-0.4, -0.2) is 11.5 Å². The smallest absolute Gasteiger partial charge is 0.00329 e. The molecule has 0 spiro atoms. The van der Waals surface area contributed by atoms with Crippen LogP contribution in [0.3, 0.4) is 0 Å². The zero-order valence-corrected chi connectivity index (χ0v) is 8.62. The highest BCUT2D eigenvalue weighted by molar-refractivity contribution is 7.99. The van der Waals surface area contributed by atoms with E-state index in [2.05, 4.69) is 37.8 Å². The van der Waals surface area contributed by atoms with E-state index >= 15 is 0 Å². The van der Waals surface area contributed by atoms with E-state index in [1.54, 1.807) is 0 Å². The van der Waals surface area contributed by atoms with Crippen LogP contribution in [0.4, 0.5) is 0 Å². The molecule has 0 saturated carbocycles. The van der Waals surface area contributed by atoms with Gasteiger partial charge in [-0.15, -0.1) is 0 Å². The largest absolute Gasteiger partial charge is 0.162 e. The van der Waals surface area contributed by atoms with Crippen molar-refractivity contribution in [3.8, 4) is 0 Å². The highest BCUT2D eigenvalue weighted by Gasteiger charge is 1.86. The van der Waals surface area contributed by atoms with Crippen LogP contribution in [0, 0.1) is 0 Å². The van der Waals surface area contributed by atoms with Gasteiger partial charge in [-0.1, -0.05) is 31.9 Å². The van der Waals surface area contributed by atoms with Gasteiger partial charge in [0.15, 0.2) is 0 Å². The molecule has 1 heteroatoms. The summed E-state index contributed by atoms with van der Waals surface area (Å²) >= 11 is 2.08. The molecule has 0 aliphatic carbocycles. The van der Waals surface area contributed by atoms with Crippen LogP contribution in [0.1, 0.15) is 39.5 Å². The Balaban J connectivity index is 2.79. The lowest BCUT2D eigenvalue weighted by atomic mass is 10.3. The van der Waals surface area contributed by atoms with Gasteiger partial charge in [0.25, 0.3) is 0 Å². The maximum Gasteiger partial charge on any atom is -0.00329 e. The molecule has 0 radical (unpaired) electrons. The molecule has 0 unspecified atom stereocenters. The molecule has 0 amide bonds. The van der Waals surface area contributed by atoms with Gasteiger partial charge in [-0.05, 0) is 31.3 Å². The lowest BCUT2D eigenvalue weighted by molar-refractivity contribution is 0.778. The van der Waals surface area contributed by atoms with Gasteiger partial charge in [-0.3, -0.25) is 0 Å². The topological polar surface area (TPSA) is 0 Å². The Hall–Kier alpha value is 0.0900. The zero-order valence-electron chi connectivity index (χ0n) is 7.81. The van der Waals surface area contributed by atoms with Crippen molar-refractivity contribution in [2.75, 3.05) is 11.5 Å². The normalized spacial score (nSPS) is 11.1. The molecule has 0 aliphatic rings. The Kier molecular flexibility index (Phi) is 10.2. The van der Waals surface area contributed by atoms with Gasteiger partial charge in [-0.2, -0.15) is 11.8 Å². The molecule has 0 nitrogen and oxygen atoms in total. The van der Waals surface area contributed by atoms with Crippen LogP contribution < -0.4 is 0 Å². The number of hydrogen-bond acceptors (Lipinski definition) is 1. The first-order chi connectivity index (χ1) is 5.41. The zero-order chi connectivity index (χ0) is 8.36. The average molecular weight is 172 g/mol. The Morgan fingerprint density at radius 1 is 1.18 bits per heavy atom. The fourth-order valence-corrected chi connectivity index (χ4v) is 1.79. The van der Waals surface area contributed by atoms with Crippen LogP contribution >= 0.6 is 11.8 Å². The molecule has 11 heavy (non-hydrogen) atoms. The molecule has 0 aromatic rings. The first-order valence-corrected chi connectivity index (χ1v) is 5.76. The van der Waals surface area contributed by atoms with Crippen molar-refractivity contribution >= 4 is 11.8 Å². The molecule has 0 aromatic heterocycles. The predicted molar refractivity (Wildman–Crippen MR) is 56.3 cm³/mol. The monoisotopic (exact) mass is 172 g/mol. The van der Waals surface area contributed by atoms with Gasteiger partial charge in [0, 0.05) is 0 Å². The van der Waals surface area contributed by atoms with E-state index < -0.39 is 0 Å².